The van der Waals surface area contributed by atoms with Crippen LogP contribution in [0.15, 0.2) is 54.6 Å². The van der Waals surface area contributed by atoms with Crippen LogP contribution in [0.5, 0.6) is 0 Å². The molecule has 0 bridgehead atoms. The molecule has 0 saturated heterocycles. The third-order valence-corrected chi connectivity index (χ3v) is 4.12. The third-order valence-electron chi connectivity index (χ3n) is 4.12. The summed E-state index contributed by atoms with van der Waals surface area (Å²) in [6.07, 6.45) is 0.258. The average Bonchev–Trinajstić information content (AvgIpc) is 2.61. The van der Waals surface area contributed by atoms with Crippen molar-refractivity contribution in [2.24, 2.45) is 0 Å². The van der Waals surface area contributed by atoms with Crippen LogP contribution in [-0.2, 0) is 22.5 Å². The van der Waals surface area contributed by atoms with E-state index in [1.54, 1.807) is 4.90 Å². The Morgan fingerprint density at radius 3 is 2.65 bits per heavy atom. The van der Waals surface area contributed by atoms with Crippen LogP contribution in [-0.4, -0.2) is 35.7 Å². The second-order valence-corrected chi connectivity index (χ2v) is 5.67. The summed E-state index contributed by atoms with van der Waals surface area (Å²) in [5.74, 6) is -0.0879. The van der Waals surface area contributed by atoms with E-state index in [0.717, 1.165) is 17.5 Å². The SMILES string of the molecule is O=C([C@@H]1OCCc2ccccc21)N(CCO)Cc1ccccc1. The largest absolute Gasteiger partial charge is 0.395 e. The Hall–Kier alpha value is -2.17. The molecule has 0 spiro atoms. The van der Waals surface area contributed by atoms with E-state index in [4.69, 9.17) is 4.74 Å². The molecule has 2 aromatic rings. The maximum Gasteiger partial charge on any atom is 0.256 e. The molecule has 0 radical (unpaired) electrons. The molecular formula is C19H21NO3. The molecule has 1 atom stereocenters. The number of nitrogens with zero attached hydrogens (tertiary/aromatic N) is 1. The normalized spacial score (nSPS) is 16.7. The second-order valence-electron chi connectivity index (χ2n) is 5.67. The van der Waals surface area contributed by atoms with Gasteiger partial charge >= 0.3 is 0 Å². The van der Waals surface area contributed by atoms with Gasteiger partial charge in [0.25, 0.3) is 5.91 Å². The Kier molecular flexibility index (Phi) is 5.05. The van der Waals surface area contributed by atoms with E-state index in [0.29, 0.717) is 19.7 Å². The van der Waals surface area contributed by atoms with Gasteiger partial charge in [0.2, 0.25) is 0 Å². The quantitative estimate of drug-likeness (QED) is 0.922. The number of amides is 1. The minimum atomic E-state index is -0.574. The Morgan fingerprint density at radius 1 is 1.13 bits per heavy atom. The van der Waals surface area contributed by atoms with Crippen LogP contribution in [0.25, 0.3) is 0 Å². The molecule has 3 rings (SSSR count). The summed E-state index contributed by atoms with van der Waals surface area (Å²) >= 11 is 0. The highest BCUT2D eigenvalue weighted by Crippen LogP contribution is 2.29. The standard InChI is InChI=1S/C19H21NO3/c21-12-11-20(14-15-6-2-1-3-7-15)19(22)18-17-9-5-4-8-16(17)10-13-23-18/h1-9,18,21H,10-14H2/t18-/m1/s1. The van der Waals surface area contributed by atoms with E-state index in [9.17, 15) is 9.90 Å². The van der Waals surface area contributed by atoms with Gasteiger partial charge in [0, 0.05) is 13.1 Å². The van der Waals surface area contributed by atoms with Crippen LogP contribution in [0.4, 0.5) is 0 Å². The summed E-state index contributed by atoms with van der Waals surface area (Å²) in [5, 5.41) is 9.32. The predicted octanol–water partition coefficient (Wildman–Crippen LogP) is 2.32. The second kappa shape index (κ2) is 7.40. The lowest BCUT2D eigenvalue weighted by Crippen LogP contribution is -2.39. The maximum absolute atomic E-state index is 12.9. The highest BCUT2D eigenvalue weighted by molar-refractivity contribution is 5.83. The van der Waals surface area contributed by atoms with Gasteiger partial charge in [-0.1, -0.05) is 54.6 Å². The Morgan fingerprint density at radius 2 is 1.87 bits per heavy atom. The van der Waals surface area contributed by atoms with Crippen LogP contribution in [0.2, 0.25) is 0 Å². The minimum absolute atomic E-state index is 0.0626. The van der Waals surface area contributed by atoms with Crippen molar-refractivity contribution in [2.75, 3.05) is 19.8 Å². The molecule has 1 amide bonds. The molecule has 0 aromatic heterocycles. The average molecular weight is 311 g/mol. The van der Waals surface area contributed by atoms with Crippen LogP contribution < -0.4 is 0 Å². The van der Waals surface area contributed by atoms with Crippen molar-refractivity contribution in [2.45, 2.75) is 19.1 Å². The first-order valence-corrected chi connectivity index (χ1v) is 7.92. The van der Waals surface area contributed by atoms with Gasteiger partial charge < -0.3 is 14.7 Å². The highest BCUT2D eigenvalue weighted by atomic mass is 16.5. The summed E-state index contributed by atoms with van der Waals surface area (Å²) in [4.78, 5) is 14.6. The first kappa shape index (κ1) is 15.7. The van der Waals surface area contributed by atoms with E-state index in [1.165, 1.54) is 5.56 Å². The molecule has 1 aliphatic rings. The maximum atomic E-state index is 12.9. The summed E-state index contributed by atoms with van der Waals surface area (Å²) in [6, 6.07) is 17.7. The van der Waals surface area contributed by atoms with Gasteiger partial charge in [0.15, 0.2) is 6.10 Å². The minimum Gasteiger partial charge on any atom is -0.395 e. The van der Waals surface area contributed by atoms with Crippen molar-refractivity contribution in [1.29, 1.82) is 0 Å². The van der Waals surface area contributed by atoms with Gasteiger partial charge in [-0.05, 0) is 23.1 Å². The lowest BCUT2D eigenvalue weighted by Gasteiger charge is -2.30. The number of hydrogen-bond acceptors (Lipinski definition) is 3. The number of carbonyl (C=O) groups is 1. The fourth-order valence-corrected chi connectivity index (χ4v) is 2.96. The number of carbonyl (C=O) groups excluding carboxylic acids is 1. The number of benzene rings is 2. The van der Waals surface area contributed by atoms with Crippen molar-refractivity contribution < 1.29 is 14.6 Å². The number of rotatable bonds is 5. The number of ether oxygens (including phenoxy) is 1. The number of aliphatic hydroxyl groups is 1. The monoisotopic (exact) mass is 311 g/mol. The molecule has 0 aliphatic carbocycles. The van der Waals surface area contributed by atoms with E-state index in [2.05, 4.69) is 0 Å². The van der Waals surface area contributed by atoms with Gasteiger partial charge in [-0.25, -0.2) is 0 Å². The zero-order valence-corrected chi connectivity index (χ0v) is 13.0. The van der Waals surface area contributed by atoms with Crippen molar-refractivity contribution in [1.82, 2.24) is 4.90 Å². The molecule has 23 heavy (non-hydrogen) atoms. The first-order valence-electron chi connectivity index (χ1n) is 7.92. The summed E-state index contributed by atoms with van der Waals surface area (Å²) in [5.41, 5.74) is 3.15. The lowest BCUT2D eigenvalue weighted by atomic mass is 9.96. The van der Waals surface area contributed by atoms with E-state index < -0.39 is 6.10 Å². The molecular weight excluding hydrogens is 290 g/mol. The van der Waals surface area contributed by atoms with E-state index in [1.807, 2.05) is 54.6 Å². The molecule has 0 fully saturated rings. The molecule has 120 valence electrons. The summed E-state index contributed by atoms with van der Waals surface area (Å²) in [7, 11) is 0. The smallest absolute Gasteiger partial charge is 0.256 e. The zero-order valence-electron chi connectivity index (χ0n) is 13.0. The predicted molar refractivity (Wildman–Crippen MR) is 87.8 cm³/mol. The molecule has 1 heterocycles. The molecule has 1 aliphatic heterocycles. The molecule has 4 nitrogen and oxygen atoms in total. The van der Waals surface area contributed by atoms with Crippen molar-refractivity contribution >= 4 is 5.91 Å². The number of aliphatic hydroxyl groups excluding tert-OH is 1. The topological polar surface area (TPSA) is 49.8 Å². The fraction of sp³-hybridized carbons (Fsp3) is 0.316. The first-order chi connectivity index (χ1) is 11.3. The van der Waals surface area contributed by atoms with Crippen LogP contribution >= 0.6 is 0 Å². The zero-order chi connectivity index (χ0) is 16.1. The summed E-state index contributed by atoms with van der Waals surface area (Å²) < 4.78 is 5.76. The number of fused-ring (bicyclic) bond motifs is 1. The van der Waals surface area contributed by atoms with Gasteiger partial charge in [0.05, 0.1) is 13.2 Å². The van der Waals surface area contributed by atoms with E-state index >= 15 is 0 Å². The highest BCUT2D eigenvalue weighted by Gasteiger charge is 2.30. The lowest BCUT2D eigenvalue weighted by molar-refractivity contribution is -0.146. The van der Waals surface area contributed by atoms with Crippen molar-refractivity contribution in [3.8, 4) is 0 Å². The van der Waals surface area contributed by atoms with Crippen molar-refractivity contribution in [3.63, 3.8) is 0 Å². The van der Waals surface area contributed by atoms with Gasteiger partial charge in [-0.3, -0.25) is 4.79 Å². The molecule has 1 N–H and O–H groups in total. The Labute approximate surface area is 136 Å². The molecule has 2 aromatic carbocycles. The third kappa shape index (κ3) is 3.60. The van der Waals surface area contributed by atoms with Crippen LogP contribution in [0.1, 0.15) is 22.8 Å². The van der Waals surface area contributed by atoms with Gasteiger partial charge in [0.1, 0.15) is 0 Å². The molecule has 0 unspecified atom stereocenters. The summed E-state index contributed by atoms with van der Waals surface area (Å²) in [6.45, 7) is 1.26. The van der Waals surface area contributed by atoms with E-state index in [-0.39, 0.29) is 12.5 Å². The van der Waals surface area contributed by atoms with Crippen molar-refractivity contribution in [3.05, 3.63) is 71.3 Å². The molecule has 4 heteroatoms. The fourth-order valence-electron chi connectivity index (χ4n) is 2.96. The molecule has 0 saturated carbocycles. The van der Waals surface area contributed by atoms with Gasteiger partial charge in [-0.2, -0.15) is 0 Å². The van der Waals surface area contributed by atoms with Crippen LogP contribution in [0.3, 0.4) is 0 Å². The van der Waals surface area contributed by atoms with Crippen LogP contribution in [0, 0.1) is 0 Å². The Bertz CT molecular complexity index is 657. The van der Waals surface area contributed by atoms with Gasteiger partial charge in [-0.15, -0.1) is 0 Å². The Balaban J connectivity index is 1.82. The number of hydrogen-bond donors (Lipinski definition) is 1.